The number of ether oxygens (including phenoxy) is 1. The van der Waals surface area contributed by atoms with Crippen LogP contribution in [0.25, 0.3) is 0 Å². The molecule has 0 aliphatic carbocycles. The summed E-state index contributed by atoms with van der Waals surface area (Å²) < 4.78 is 5.23. The van der Waals surface area contributed by atoms with Crippen molar-refractivity contribution in [2.45, 2.75) is 71.0 Å². The number of hydrogen-bond acceptors (Lipinski definition) is 3. The Morgan fingerprint density at radius 3 is 2.30 bits per heavy atom. The monoisotopic (exact) mass is 427 g/mol. The van der Waals surface area contributed by atoms with Crippen molar-refractivity contribution in [3.63, 3.8) is 0 Å². The van der Waals surface area contributed by atoms with E-state index in [-0.39, 0.29) is 5.91 Å². The summed E-state index contributed by atoms with van der Waals surface area (Å²) in [5, 5.41) is 3.20. The normalized spacial score (nSPS) is 11.6. The fourth-order valence-corrected chi connectivity index (χ4v) is 4.13. The molecule has 1 N–H and O–H groups in total. The molecule has 4 heteroatoms. The molecule has 0 unspecified atom stereocenters. The Morgan fingerprint density at radius 2 is 1.73 bits per heavy atom. The van der Waals surface area contributed by atoms with Crippen molar-refractivity contribution in [2.75, 3.05) is 12.4 Å². The molecule has 0 fully saturated rings. The molecule has 0 atom stereocenters. The van der Waals surface area contributed by atoms with Gasteiger partial charge in [0.05, 0.1) is 7.11 Å². The van der Waals surface area contributed by atoms with Crippen LogP contribution in [0.2, 0.25) is 0 Å². The van der Waals surface area contributed by atoms with Crippen LogP contribution in [-0.4, -0.2) is 13.0 Å². The number of carbonyl (C=O) groups excluding carboxylic acids is 1. The minimum Gasteiger partial charge on any atom is -0.497 e. The van der Waals surface area contributed by atoms with Gasteiger partial charge in [-0.15, -0.1) is 11.8 Å². The lowest BCUT2D eigenvalue weighted by molar-refractivity contribution is -0.123. The highest BCUT2D eigenvalue weighted by Crippen LogP contribution is 2.31. The smallest absolute Gasteiger partial charge is 0.229 e. The second-order valence-electron chi connectivity index (χ2n) is 8.88. The first-order valence-electron chi connectivity index (χ1n) is 11.0. The Labute approximate surface area is 187 Å². The number of nitrogens with one attached hydrogen (secondary N) is 1. The van der Waals surface area contributed by atoms with Crippen molar-refractivity contribution in [3.05, 3.63) is 53.6 Å². The van der Waals surface area contributed by atoms with Gasteiger partial charge in [0.25, 0.3) is 0 Å². The molecule has 2 aromatic rings. The van der Waals surface area contributed by atoms with Crippen LogP contribution < -0.4 is 10.1 Å². The average Bonchev–Trinajstić information content (AvgIpc) is 2.73. The molecule has 0 bridgehead atoms. The van der Waals surface area contributed by atoms with E-state index in [0.29, 0.717) is 0 Å². The summed E-state index contributed by atoms with van der Waals surface area (Å²) in [6, 6.07) is 14.7. The Morgan fingerprint density at radius 1 is 1.07 bits per heavy atom. The highest BCUT2D eigenvalue weighted by molar-refractivity contribution is 7.98. The van der Waals surface area contributed by atoms with Crippen LogP contribution in [0.4, 0.5) is 5.69 Å². The number of aryl methyl sites for hydroxylation is 1. The Kier molecular flexibility index (Phi) is 9.29. The number of benzene rings is 2. The first-order valence-corrected chi connectivity index (χ1v) is 12.0. The van der Waals surface area contributed by atoms with Crippen LogP contribution in [-0.2, 0) is 17.0 Å². The SMILES string of the molecule is CCC(CC)CCc1ccc(SCc2ccc(OC)cc2)cc1NC(=O)C(C)(C)C. The fourth-order valence-electron chi connectivity index (χ4n) is 3.23. The molecule has 0 heterocycles. The third-order valence-electron chi connectivity index (χ3n) is 5.55. The maximum Gasteiger partial charge on any atom is 0.229 e. The second kappa shape index (κ2) is 11.5. The Balaban J connectivity index is 2.16. The third-order valence-corrected chi connectivity index (χ3v) is 6.62. The summed E-state index contributed by atoms with van der Waals surface area (Å²) in [6.45, 7) is 10.4. The predicted octanol–water partition coefficient (Wildman–Crippen LogP) is 7.34. The van der Waals surface area contributed by atoms with E-state index in [4.69, 9.17) is 4.74 Å². The van der Waals surface area contributed by atoms with Crippen molar-refractivity contribution in [1.82, 2.24) is 0 Å². The minimum absolute atomic E-state index is 0.0589. The zero-order valence-electron chi connectivity index (χ0n) is 19.4. The summed E-state index contributed by atoms with van der Waals surface area (Å²) in [5.41, 5.74) is 3.02. The maximum absolute atomic E-state index is 12.7. The van der Waals surface area contributed by atoms with Crippen molar-refractivity contribution in [1.29, 1.82) is 0 Å². The molecular weight excluding hydrogens is 390 g/mol. The second-order valence-corrected chi connectivity index (χ2v) is 9.93. The molecule has 0 saturated carbocycles. The quantitative estimate of drug-likeness (QED) is 0.403. The number of amides is 1. The number of carbonyl (C=O) groups is 1. The van der Waals surface area contributed by atoms with E-state index in [2.05, 4.69) is 49.5 Å². The van der Waals surface area contributed by atoms with Crippen LogP contribution >= 0.6 is 11.8 Å². The van der Waals surface area contributed by atoms with Crippen LogP contribution in [0.3, 0.4) is 0 Å². The van der Waals surface area contributed by atoms with E-state index in [1.807, 2.05) is 32.9 Å². The third kappa shape index (κ3) is 7.39. The van der Waals surface area contributed by atoms with E-state index in [1.165, 1.54) is 28.9 Å². The van der Waals surface area contributed by atoms with E-state index in [0.717, 1.165) is 35.9 Å². The molecule has 2 rings (SSSR count). The van der Waals surface area contributed by atoms with Crippen molar-refractivity contribution >= 4 is 23.4 Å². The van der Waals surface area contributed by atoms with Gasteiger partial charge in [-0.05, 0) is 54.2 Å². The van der Waals surface area contributed by atoms with Crippen molar-refractivity contribution in [2.24, 2.45) is 11.3 Å². The first-order chi connectivity index (χ1) is 14.3. The predicted molar refractivity (Wildman–Crippen MR) is 129 cm³/mol. The highest BCUT2D eigenvalue weighted by atomic mass is 32.2. The summed E-state index contributed by atoms with van der Waals surface area (Å²) in [7, 11) is 1.68. The molecule has 0 aliphatic heterocycles. The topological polar surface area (TPSA) is 38.3 Å². The number of rotatable bonds is 10. The zero-order chi connectivity index (χ0) is 22.1. The zero-order valence-corrected chi connectivity index (χ0v) is 20.2. The molecule has 3 nitrogen and oxygen atoms in total. The Hall–Kier alpha value is -1.94. The van der Waals surface area contributed by atoms with E-state index in [9.17, 15) is 4.79 Å². The molecule has 0 aromatic heterocycles. The summed E-state index contributed by atoms with van der Waals surface area (Å²) in [6.07, 6.45) is 4.56. The van der Waals surface area contributed by atoms with Gasteiger partial charge in [-0.3, -0.25) is 4.79 Å². The molecule has 0 radical (unpaired) electrons. The van der Waals surface area contributed by atoms with Crippen molar-refractivity contribution in [3.8, 4) is 5.75 Å². The van der Waals surface area contributed by atoms with Gasteiger partial charge in [-0.25, -0.2) is 0 Å². The largest absolute Gasteiger partial charge is 0.497 e. The van der Waals surface area contributed by atoms with Crippen molar-refractivity contribution < 1.29 is 9.53 Å². The fraction of sp³-hybridized carbons (Fsp3) is 0.500. The summed E-state index contributed by atoms with van der Waals surface area (Å²) in [4.78, 5) is 13.8. The van der Waals surface area contributed by atoms with Crippen LogP contribution in [0, 0.1) is 11.3 Å². The molecule has 1 amide bonds. The van der Waals surface area contributed by atoms with Gasteiger partial charge < -0.3 is 10.1 Å². The average molecular weight is 428 g/mol. The lowest BCUT2D eigenvalue weighted by Gasteiger charge is -2.21. The lowest BCUT2D eigenvalue weighted by Crippen LogP contribution is -2.28. The van der Waals surface area contributed by atoms with Crippen LogP contribution in [0.1, 0.15) is 65.0 Å². The number of thioether (sulfide) groups is 1. The number of anilines is 1. The summed E-state index contributed by atoms with van der Waals surface area (Å²) >= 11 is 1.79. The van der Waals surface area contributed by atoms with Gasteiger partial charge in [-0.2, -0.15) is 0 Å². The first kappa shape index (κ1) is 24.3. The molecule has 164 valence electrons. The number of methoxy groups -OCH3 is 1. The molecule has 0 aliphatic rings. The molecule has 0 saturated heterocycles. The Bertz CT molecular complexity index is 805. The van der Waals surface area contributed by atoms with Crippen LogP contribution in [0.15, 0.2) is 47.4 Å². The lowest BCUT2D eigenvalue weighted by atomic mass is 9.93. The van der Waals surface area contributed by atoms with Crippen LogP contribution in [0.5, 0.6) is 5.75 Å². The summed E-state index contributed by atoms with van der Waals surface area (Å²) in [5.74, 6) is 2.55. The van der Waals surface area contributed by atoms with Gasteiger partial charge >= 0.3 is 0 Å². The van der Waals surface area contributed by atoms with Gasteiger partial charge in [0, 0.05) is 21.8 Å². The van der Waals surface area contributed by atoms with E-state index < -0.39 is 5.41 Å². The van der Waals surface area contributed by atoms with E-state index >= 15 is 0 Å². The van der Waals surface area contributed by atoms with E-state index in [1.54, 1.807) is 18.9 Å². The molecule has 30 heavy (non-hydrogen) atoms. The molecule has 2 aromatic carbocycles. The molecule has 0 spiro atoms. The van der Waals surface area contributed by atoms with Gasteiger partial charge in [0.2, 0.25) is 5.91 Å². The standard InChI is InChI=1S/C26H37NO2S/c1-7-19(8-2)9-12-21-13-16-23(17-24(21)27-25(28)26(3,4)5)30-18-20-10-14-22(29-6)15-11-20/h10-11,13-17,19H,7-9,12,18H2,1-6H3,(H,27,28). The van der Waals surface area contributed by atoms with Gasteiger partial charge in [0.1, 0.15) is 5.75 Å². The highest BCUT2D eigenvalue weighted by Gasteiger charge is 2.22. The molecular formula is C26H37NO2S. The minimum atomic E-state index is -0.418. The maximum atomic E-state index is 12.7. The van der Waals surface area contributed by atoms with Gasteiger partial charge in [-0.1, -0.05) is 65.7 Å². The number of hydrogen-bond donors (Lipinski definition) is 1. The van der Waals surface area contributed by atoms with Gasteiger partial charge in [0.15, 0.2) is 0 Å².